The Morgan fingerprint density at radius 3 is 2.52 bits per heavy atom. The summed E-state index contributed by atoms with van der Waals surface area (Å²) < 4.78 is 0.886. The van der Waals surface area contributed by atoms with E-state index in [-0.39, 0.29) is 5.84 Å². The molecule has 21 heavy (non-hydrogen) atoms. The van der Waals surface area contributed by atoms with E-state index in [0.717, 1.165) is 16.7 Å². The highest BCUT2D eigenvalue weighted by Crippen LogP contribution is 2.25. The van der Waals surface area contributed by atoms with Crippen molar-refractivity contribution in [2.24, 2.45) is 10.9 Å². The molecule has 2 aromatic carbocycles. The summed E-state index contributed by atoms with van der Waals surface area (Å²) in [5, 5.41) is 12.0. The normalized spacial score (nSPS) is 11.5. The maximum absolute atomic E-state index is 8.93. The zero-order valence-electron chi connectivity index (χ0n) is 12.0. The summed E-state index contributed by atoms with van der Waals surface area (Å²) in [7, 11) is 1.98. The molecular weight excluding hydrogens is 330 g/mol. The molecule has 110 valence electrons. The SMILES string of the molecule is Cc1ccc(CN(C)c2ccc(Br)cc2/C(N)=N/O)cc1. The number of hydrogen-bond acceptors (Lipinski definition) is 3. The Labute approximate surface area is 133 Å². The van der Waals surface area contributed by atoms with E-state index in [2.05, 4.69) is 57.2 Å². The minimum atomic E-state index is 0.0991. The highest BCUT2D eigenvalue weighted by molar-refractivity contribution is 9.10. The van der Waals surface area contributed by atoms with Crippen LogP contribution in [0.3, 0.4) is 0 Å². The maximum Gasteiger partial charge on any atom is 0.172 e. The molecule has 0 aliphatic rings. The summed E-state index contributed by atoms with van der Waals surface area (Å²) in [4.78, 5) is 2.07. The highest BCUT2D eigenvalue weighted by atomic mass is 79.9. The number of benzene rings is 2. The highest BCUT2D eigenvalue weighted by Gasteiger charge is 2.12. The number of nitrogens with two attached hydrogens (primary N) is 1. The van der Waals surface area contributed by atoms with Crippen molar-refractivity contribution in [2.45, 2.75) is 13.5 Å². The Morgan fingerprint density at radius 2 is 1.90 bits per heavy atom. The molecule has 0 atom stereocenters. The van der Waals surface area contributed by atoms with Crippen molar-refractivity contribution >= 4 is 27.5 Å². The molecule has 0 saturated carbocycles. The molecule has 0 amide bonds. The number of hydrogen-bond donors (Lipinski definition) is 2. The Hall–Kier alpha value is -2.01. The first-order valence-corrected chi connectivity index (χ1v) is 7.34. The zero-order valence-corrected chi connectivity index (χ0v) is 13.6. The lowest BCUT2D eigenvalue weighted by Gasteiger charge is -2.22. The number of rotatable bonds is 4. The molecule has 2 aromatic rings. The number of nitrogens with zero attached hydrogens (tertiary/aromatic N) is 2. The summed E-state index contributed by atoms with van der Waals surface area (Å²) in [5.74, 6) is 0.0991. The predicted octanol–water partition coefficient (Wildman–Crippen LogP) is 3.49. The van der Waals surface area contributed by atoms with E-state index >= 15 is 0 Å². The second-order valence-corrected chi connectivity index (χ2v) is 5.90. The van der Waals surface area contributed by atoms with E-state index < -0.39 is 0 Å². The van der Waals surface area contributed by atoms with Crippen LogP contribution < -0.4 is 10.6 Å². The molecule has 0 heterocycles. The van der Waals surface area contributed by atoms with Crippen LogP contribution in [0.1, 0.15) is 16.7 Å². The van der Waals surface area contributed by atoms with Crippen LogP contribution >= 0.6 is 15.9 Å². The van der Waals surface area contributed by atoms with Gasteiger partial charge in [-0.1, -0.05) is 50.9 Å². The molecule has 0 aromatic heterocycles. The summed E-state index contributed by atoms with van der Waals surface area (Å²) >= 11 is 3.41. The lowest BCUT2D eigenvalue weighted by atomic mass is 10.1. The molecule has 2 rings (SSSR count). The van der Waals surface area contributed by atoms with Crippen molar-refractivity contribution in [3.63, 3.8) is 0 Å². The standard InChI is InChI=1S/C16H18BrN3O/c1-11-3-5-12(6-4-11)10-20(2)15-8-7-13(17)9-14(15)16(18)19-21/h3-9,21H,10H2,1-2H3,(H2,18,19). The second-order valence-electron chi connectivity index (χ2n) is 4.99. The molecule has 0 bridgehead atoms. The Balaban J connectivity index is 2.30. The summed E-state index contributed by atoms with van der Waals surface area (Å²) in [6.45, 7) is 2.81. The van der Waals surface area contributed by atoms with E-state index in [4.69, 9.17) is 10.9 Å². The summed E-state index contributed by atoms with van der Waals surface area (Å²) in [6, 6.07) is 14.1. The van der Waals surface area contributed by atoms with E-state index in [1.807, 2.05) is 25.2 Å². The number of aryl methyl sites for hydroxylation is 1. The van der Waals surface area contributed by atoms with Crippen LogP contribution in [0.15, 0.2) is 52.1 Å². The largest absolute Gasteiger partial charge is 0.409 e. The lowest BCUT2D eigenvalue weighted by molar-refractivity contribution is 0.318. The van der Waals surface area contributed by atoms with Crippen molar-refractivity contribution in [1.82, 2.24) is 0 Å². The van der Waals surface area contributed by atoms with Gasteiger partial charge < -0.3 is 15.8 Å². The van der Waals surface area contributed by atoms with Gasteiger partial charge in [0.15, 0.2) is 5.84 Å². The van der Waals surface area contributed by atoms with Crippen molar-refractivity contribution in [3.05, 3.63) is 63.6 Å². The van der Waals surface area contributed by atoms with Gasteiger partial charge in [-0.25, -0.2) is 0 Å². The summed E-state index contributed by atoms with van der Waals surface area (Å²) in [5.41, 5.74) is 9.82. The van der Waals surface area contributed by atoms with E-state index in [1.165, 1.54) is 11.1 Å². The topological polar surface area (TPSA) is 61.8 Å². The molecular formula is C16H18BrN3O. The van der Waals surface area contributed by atoms with Crippen LogP contribution in [0, 0.1) is 6.92 Å². The second kappa shape index (κ2) is 6.63. The van der Waals surface area contributed by atoms with Gasteiger partial charge in [0.2, 0.25) is 0 Å². The van der Waals surface area contributed by atoms with Gasteiger partial charge in [0.1, 0.15) is 0 Å². The third-order valence-electron chi connectivity index (χ3n) is 3.29. The molecule has 0 radical (unpaired) electrons. The Kier molecular flexibility index (Phi) is 4.85. The van der Waals surface area contributed by atoms with Crippen LogP contribution in [0.25, 0.3) is 0 Å². The minimum Gasteiger partial charge on any atom is -0.409 e. The van der Waals surface area contributed by atoms with Gasteiger partial charge in [-0.05, 0) is 30.7 Å². The summed E-state index contributed by atoms with van der Waals surface area (Å²) in [6.07, 6.45) is 0. The fourth-order valence-electron chi connectivity index (χ4n) is 2.15. The molecule has 3 N–H and O–H groups in total. The number of oxime groups is 1. The van der Waals surface area contributed by atoms with Gasteiger partial charge in [-0.2, -0.15) is 0 Å². The minimum absolute atomic E-state index is 0.0991. The third kappa shape index (κ3) is 3.76. The van der Waals surface area contributed by atoms with Crippen LogP contribution in [0.2, 0.25) is 0 Å². The van der Waals surface area contributed by atoms with E-state index in [9.17, 15) is 0 Å². The number of anilines is 1. The van der Waals surface area contributed by atoms with Gasteiger partial charge in [0.05, 0.1) is 0 Å². The van der Waals surface area contributed by atoms with Crippen LogP contribution in [-0.4, -0.2) is 18.1 Å². The van der Waals surface area contributed by atoms with Gasteiger partial charge in [0.25, 0.3) is 0 Å². The lowest BCUT2D eigenvalue weighted by Crippen LogP contribution is -2.22. The first kappa shape index (κ1) is 15.4. The first-order valence-electron chi connectivity index (χ1n) is 6.55. The fourth-order valence-corrected chi connectivity index (χ4v) is 2.51. The number of halogens is 1. The van der Waals surface area contributed by atoms with E-state index in [1.54, 1.807) is 0 Å². The Morgan fingerprint density at radius 1 is 1.24 bits per heavy atom. The van der Waals surface area contributed by atoms with Crippen LogP contribution in [0.4, 0.5) is 5.69 Å². The van der Waals surface area contributed by atoms with Gasteiger partial charge in [0, 0.05) is 29.3 Å². The smallest absolute Gasteiger partial charge is 0.172 e. The average Bonchev–Trinajstić information content (AvgIpc) is 2.48. The molecule has 0 fully saturated rings. The average molecular weight is 348 g/mol. The first-order chi connectivity index (χ1) is 10.0. The van der Waals surface area contributed by atoms with Crippen molar-refractivity contribution < 1.29 is 5.21 Å². The number of amidine groups is 1. The van der Waals surface area contributed by atoms with Crippen molar-refractivity contribution in [1.29, 1.82) is 0 Å². The van der Waals surface area contributed by atoms with Crippen LogP contribution in [0.5, 0.6) is 0 Å². The van der Waals surface area contributed by atoms with E-state index in [0.29, 0.717) is 5.56 Å². The molecule has 4 nitrogen and oxygen atoms in total. The molecule has 5 heteroatoms. The fraction of sp³-hybridized carbons (Fsp3) is 0.188. The molecule has 0 saturated heterocycles. The van der Waals surface area contributed by atoms with Crippen LogP contribution in [-0.2, 0) is 6.54 Å². The third-order valence-corrected chi connectivity index (χ3v) is 3.79. The molecule has 0 spiro atoms. The van der Waals surface area contributed by atoms with Gasteiger partial charge >= 0.3 is 0 Å². The Bertz CT molecular complexity index is 653. The monoisotopic (exact) mass is 347 g/mol. The molecule has 0 aliphatic carbocycles. The zero-order chi connectivity index (χ0) is 15.4. The quantitative estimate of drug-likeness (QED) is 0.385. The molecule has 0 unspecified atom stereocenters. The predicted molar refractivity (Wildman–Crippen MR) is 89.9 cm³/mol. The van der Waals surface area contributed by atoms with Gasteiger partial charge in [-0.15, -0.1) is 0 Å². The maximum atomic E-state index is 8.93. The van der Waals surface area contributed by atoms with Crippen molar-refractivity contribution in [3.8, 4) is 0 Å². The van der Waals surface area contributed by atoms with Crippen molar-refractivity contribution in [2.75, 3.05) is 11.9 Å². The molecule has 0 aliphatic heterocycles. The van der Waals surface area contributed by atoms with Gasteiger partial charge in [-0.3, -0.25) is 0 Å².